The molecule has 0 spiro atoms. The summed E-state index contributed by atoms with van der Waals surface area (Å²) in [6.45, 7) is 1.42. The molecular formula is C21H22FN5S. The van der Waals surface area contributed by atoms with Crippen molar-refractivity contribution in [3.8, 4) is 11.4 Å². The summed E-state index contributed by atoms with van der Waals surface area (Å²) in [5.41, 5.74) is 2.15. The first kappa shape index (κ1) is 17.7. The first-order chi connectivity index (χ1) is 13.7. The summed E-state index contributed by atoms with van der Waals surface area (Å²) >= 11 is 5.81. The van der Waals surface area contributed by atoms with Gasteiger partial charge in [-0.15, -0.1) is 0 Å². The summed E-state index contributed by atoms with van der Waals surface area (Å²) in [6, 6.07) is 11.7. The Morgan fingerprint density at radius 3 is 2.39 bits per heavy atom. The molecule has 0 radical (unpaired) electrons. The van der Waals surface area contributed by atoms with Crippen LogP contribution in [0, 0.1) is 10.6 Å². The molecule has 2 saturated carbocycles. The van der Waals surface area contributed by atoms with Crippen LogP contribution in [0.15, 0.2) is 48.8 Å². The molecule has 0 saturated heterocycles. The van der Waals surface area contributed by atoms with Crippen molar-refractivity contribution in [1.82, 2.24) is 24.2 Å². The minimum absolute atomic E-state index is 0.200. The fraction of sp³-hybridized carbons (Fsp3) is 0.381. The maximum atomic E-state index is 13.2. The van der Waals surface area contributed by atoms with Gasteiger partial charge in [-0.2, -0.15) is 5.10 Å². The molecule has 2 fully saturated rings. The van der Waals surface area contributed by atoms with Gasteiger partial charge in [0.15, 0.2) is 10.6 Å². The SMILES string of the molecule is Fc1ccc(CN(Cn2nc(-c3ccncc3)n(C3CC3)c2=S)C2CC2)cc1. The molecule has 0 bridgehead atoms. The van der Waals surface area contributed by atoms with E-state index in [1.54, 1.807) is 12.4 Å². The van der Waals surface area contributed by atoms with Crippen molar-refractivity contribution in [2.24, 2.45) is 0 Å². The van der Waals surface area contributed by atoms with E-state index in [0.29, 0.717) is 18.8 Å². The molecule has 2 aromatic heterocycles. The zero-order valence-corrected chi connectivity index (χ0v) is 16.4. The number of halogens is 1. The van der Waals surface area contributed by atoms with E-state index >= 15 is 0 Å². The fourth-order valence-electron chi connectivity index (χ4n) is 3.60. The monoisotopic (exact) mass is 395 g/mol. The quantitative estimate of drug-likeness (QED) is 0.549. The van der Waals surface area contributed by atoms with Crippen LogP contribution in [-0.4, -0.2) is 30.3 Å². The van der Waals surface area contributed by atoms with Gasteiger partial charge >= 0.3 is 0 Å². The summed E-state index contributed by atoms with van der Waals surface area (Å²) in [7, 11) is 0. The fourth-order valence-corrected chi connectivity index (χ4v) is 3.94. The van der Waals surface area contributed by atoms with Gasteiger partial charge in [-0.25, -0.2) is 9.07 Å². The predicted molar refractivity (Wildman–Crippen MR) is 108 cm³/mol. The van der Waals surface area contributed by atoms with Crippen LogP contribution in [0.25, 0.3) is 11.4 Å². The number of hydrogen-bond acceptors (Lipinski definition) is 4. The van der Waals surface area contributed by atoms with Crippen molar-refractivity contribution in [3.63, 3.8) is 0 Å². The minimum atomic E-state index is -0.200. The van der Waals surface area contributed by atoms with Gasteiger partial charge in [0.05, 0.1) is 6.67 Å². The standard InChI is InChI=1S/C21H22FN5S/c22-17-3-1-15(2-4-17)13-25(18-5-6-18)14-26-21(28)27(19-7-8-19)20(24-26)16-9-11-23-12-10-16/h1-4,9-12,18-19H,5-8,13-14H2. The second-order valence-corrected chi connectivity index (χ2v) is 8.05. The zero-order chi connectivity index (χ0) is 19.1. The van der Waals surface area contributed by atoms with Crippen LogP contribution in [0.3, 0.4) is 0 Å². The van der Waals surface area contributed by atoms with E-state index in [-0.39, 0.29) is 5.82 Å². The number of benzene rings is 1. The number of hydrogen-bond donors (Lipinski definition) is 0. The van der Waals surface area contributed by atoms with Gasteiger partial charge in [-0.1, -0.05) is 12.1 Å². The van der Waals surface area contributed by atoms with Crippen LogP contribution in [-0.2, 0) is 13.2 Å². The second-order valence-electron chi connectivity index (χ2n) is 7.69. The molecule has 5 nitrogen and oxygen atoms in total. The number of aromatic nitrogens is 4. The second kappa shape index (κ2) is 7.22. The lowest BCUT2D eigenvalue weighted by Crippen LogP contribution is -2.29. The lowest BCUT2D eigenvalue weighted by molar-refractivity contribution is 0.186. The molecule has 2 aliphatic carbocycles. The highest BCUT2D eigenvalue weighted by atomic mass is 32.1. The lowest BCUT2D eigenvalue weighted by Gasteiger charge is -2.21. The third kappa shape index (κ3) is 3.64. The van der Waals surface area contributed by atoms with E-state index in [2.05, 4.69) is 14.5 Å². The minimum Gasteiger partial charge on any atom is -0.297 e. The Bertz CT molecular complexity index is 1020. The van der Waals surface area contributed by atoms with E-state index in [1.165, 1.54) is 25.0 Å². The maximum Gasteiger partial charge on any atom is 0.199 e. The van der Waals surface area contributed by atoms with E-state index in [1.807, 2.05) is 28.9 Å². The Kier molecular flexibility index (Phi) is 4.56. The lowest BCUT2D eigenvalue weighted by atomic mass is 10.2. The first-order valence-corrected chi connectivity index (χ1v) is 10.2. The number of rotatable bonds is 7. The van der Waals surface area contributed by atoms with Gasteiger partial charge in [0, 0.05) is 36.6 Å². The zero-order valence-electron chi connectivity index (χ0n) is 15.5. The van der Waals surface area contributed by atoms with Gasteiger partial charge in [-0.3, -0.25) is 14.5 Å². The third-order valence-corrected chi connectivity index (χ3v) is 5.81. The molecule has 1 aromatic carbocycles. The Hall–Kier alpha value is -2.38. The van der Waals surface area contributed by atoms with Crippen molar-refractivity contribution < 1.29 is 4.39 Å². The van der Waals surface area contributed by atoms with Crippen LogP contribution in [0.1, 0.15) is 37.3 Å². The average molecular weight is 396 g/mol. The molecule has 0 aliphatic heterocycles. The normalized spacial score (nSPS) is 16.6. The van der Waals surface area contributed by atoms with E-state index in [4.69, 9.17) is 17.3 Å². The van der Waals surface area contributed by atoms with E-state index < -0.39 is 0 Å². The molecule has 2 heterocycles. The Morgan fingerprint density at radius 2 is 1.75 bits per heavy atom. The molecule has 2 aliphatic rings. The molecule has 7 heteroatoms. The van der Waals surface area contributed by atoms with E-state index in [9.17, 15) is 4.39 Å². The van der Waals surface area contributed by atoms with Gasteiger partial charge in [-0.05, 0) is 67.7 Å². The third-order valence-electron chi connectivity index (χ3n) is 5.40. The van der Waals surface area contributed by atoms with Crippen LogP contribution < -0.4 is 0 Å². The summed E-state index contributed by atoms with van der Waals surface area (Å²) in [5, 5.41) is 4.89. The van der Waals surface area contributed by atoms with Crippen molar-refractivity contribution >= 4 is 12.2 Å². The smallest absolute Gasteiger partial charge is 0.199 e. The Balaban J connectivity index is 1.45. The number of nitrogens with zero attached hydrogens (tertiary/aromatic N) is 5. The molecule has 0 atom stereocenters. The molecule has 3 aromatic rings. The van der Waals surface area contributed by atoms with Gasteiger partial charge in [0.1, 0.15) is 5.82 Å². The first-order valence-electron chi connectivity index (χ1n) is 9.77. The van der Waals surface area contributed by atoms with Crippen LogP contribution >= 0.6 is 12.2 Å². The predicted octanol–water partition coefficient (Wildman–Crippen LogP) is 4.57. The highest BCUT2D eigenvalue weighted by Gasteiger charge is 2.32. The largest absolute Gasteiger partial charge is 0.297 e. The topological polar surface area (TPSA) is 38.9 Å². The van der Waals surface area contributed by atoms with Crippen LogP contribution in [0.4, 0.5) is 4.39 Å². The van der Waals surface area contributed by atoms with Gasteiger partial charge in [0.25, 0.3) is 0 Å². The van der Waals surface area contributed by atoms with Crippen LogP contribution in [0.2, 0.25) is 0 Å². The number of pyridine rings is 1. The molecule has 0 unspecified atom stereocenters. The van der Waals surface area contributed by atoms with Gasteiger partial charge < -0.3 is 0 Å². The van der Waals surface area contributed by atoms with Gasteiger partial charge in [0.2, 0.25) is 0 Å². The molecule has 144 valence electrons. The molecule has 5 rings (SSSR count). The average Bonchev–Trinajstić information content (AvgIpc) is 3.62. The molecule has 0 N–H and O–H groups in total. The van der Waals surface area contributed by atoms with Crippen molar-refractivity contribution in [2.75, 3.05) is 0 Å². The molecule has 28 heavy (non-hydrogen) atoms. The Morgan fingerprint density at radius 1 is 1.04 bits per heavy atom. The highest BCUT2D eigenvalue weighted by molar-refractivity contribution is 7.71. The molecular weight excluding hydrogens is 373 g/mol. The Labute approximate surface area is 168 Å². The highest BCUT2D eigenvalue weighted by Crippen LogP contribution is 2.38. The summed E-state index contributed by atoms with van der Waals surface area (Å²) in [4.78, 5) is 6.51. The van der Waals surface area contributed by atoms with E-state index in [0.717, 1.165) is 41.1 Å². The summed E-state index contributed by atoms with van der Waals surface area (Å²) < 4.78 is 18.2. The van der Waals surface area contributed by atoms with Crippen molar-refractivity contribution in [3.05, 3.63) is 64.9 Å². The summed E-state index contributed by atoms with van der Waals surface area (Å²) in [5.74, 6) is 0.724. The van der Waals surface area contributed by atoms with Crippen molar-refractivity contribution in [2.45, 2.75) is 51.0 Å². The van der Waals surface area contributed by atoms with Crippen molar-refractivity contribution in [1.29, 1.82) is 0 Å². The molecule has 0 amide bonds. The van der Waals surface area contributed by atoms with Crippen LogP contribution in [0.5, 0.6) is 0 Å². The summed E-state index contributed by atoms with van der Waals surface area (Å²) in [6.07, 6.45) is 8.27. The maximum absolute atomic E-state index is 13.2.